The van der Waals surface area contributed by atoms with Crippen LogP contribution in [-0.4, -0.2) is 6.54 Å². The average Bonchev–Trinajstić information content (AvgIpc) is 2.49. The molecule has 1 aliphatic rings. The molecule has 1 fully saturated rings. The van der Waals surface area contributed by atoms with Gasteiger partial charge >= 0.3 is 0 Å². The second kappa shape index (κ2) is 5.33. The SMILES string of the molecule is CCNC(CC1CCC1)c1sc(C)cc1C. The van der Waals surface area contributed by atoms with Crippen LogP contribution < -0.4 is 5.32 Å². The maximum absolute atomic E-state index is 3.66. The van der Waals surface area contributed by atoms with Gasteiger partial charge in [0.25, 0.3) is 0 Å². The van der Waals surface area contributed by atoms with Crippen molar-refractivity contribution in [3.63, 3.8) is 0 Å². The smallest absolute Gasteiger partial charge is 0.0420 e. The van der Waals surface area contributed by atoms with Gasteiger partial charge in [0.1, 0.15) is 0 Å². The van der Waals surface area contributed by atoms with E-state index in [0.29, 0.717) is 6.04 Å². The van der Waals surface area contributed by atoms with Gasteiger partial charge in [0.15, 0.2) is 0 Å². The average molecular weight is 237 g/mol. The van der Waals surface area contributed by atoms with Crippen LogP contribution in [0.1, 0.15) is 54.0 Å². The van der Waals surface area contributed by atoms with Crippen LogP contribution >= 0.6 is 11.3 Å². The molecule has 1 saturated carbocycles. The van der Waals surface area contributed by atoms with Crippen molar-refractivity contribution in [2.24, 2.45) is 5.92 Å². The summed E-state index contributed by atoms with van der Waals surface area (Å²) in [6.07, 6.45) is 5.69. The summed E-state index contributed by atoms with van der Waals surface area (Å²) in [6.45, 7) is 7.76. The molecule has 0 saturated heterocycles. The van der Waals surface area contributed by atoms with Gasteiger partial charge in [-0.05, 0) is 44.4 Å². The Morgan fingerprint density at radius 2 is 2.19 bits per heavy atom. The minimum absolute atomic E-state index is 0.606. The first kappa shape index (κ1) is 12.1. The first-order chi connectivity index (χ1) is 7.70. The summed E-state index contributed by atoms with van der Waals surface area (Å²) in [7, 11) is 0. The lowest BCUT2D eigenvalue weighted by molar-refractivity contribution is 0.263. The molecule has 2 rings (SSSR count). The molecular weight excluding hydrogens is 214 g/mol. The fourth-order valence-corrected chi connectivity index (χ4v) is 3.72. The van der Waals surface area contributed by atoms with Crippen molar-refractivity contribution >= 4 is 11.3 Å². The van der Waals surface area contributed by atoms with Gasteiger partial charge in [-0.3, -0.25) is 0 Å². The van der Waals surface area contributed by atoms with Gasteiger partial charge in [-0.15, -0.1) is 11.3 Å². The topological polar surface area (TPSA) is 12.0 Å². The van der Waals surface area contributed by atoms with Gasteiger partial charge < -0.3 is 5.32 Å². The minimum atomic E-state index is 0.606. The third kappa shape index (κ3) is 2.67. The Labute approximate surface area is 103 Å². The van der Waals surface area contributed by atoms with E-state index in [1.54, 1.807) is 4.88 Å². The minimum Gasteiger partial charge on any atom is -0.310 e. The number of rotatable bonds is 5. The standard InChI is InChI=1S/C14H23NS/c1-4-15-13(9-12-6-5-7-12)14-10(2)8-11(3)16-14/h8,12-13,15H,4-7,9H2,1-3H3. The fraction of sp³-hybridized carbons (Fsp3) is 0.714. The molecule has 1 nitrogen and oxygen atoms in total. The van der Waals surface area contributed by atoms with Crippen molar-refractivity contribution in [1.82, 2.24) is 5.32 Å². The van der Waals surface area contributed by atoms with E-state index in [-0.39, 0.29) is 0 Å². The van der Waals surface area contributed by atoms with E-state index in [0.717, 1.165) is 12.5 Å². The van der Waals surface area contributed by atoms with Gasteiger partial charge in [-0.1, -0.05) is 26.2 Å². The Kier molecular flexibility index (Phi) is 4.04. The second-order valence-corrected chi connectivity index (χ2v) is 6.34. The van der Waals surface area contributed by atoms with Crippen LogP contribution in [0.2, 0.25) is 0 Å². The summed E-state index contributed by atoms with van der Waals surface area (Å²) in [5.41, 5.74) is 1.48. The maximum Gasteiger partial charge on any atom is 0.0420 e. The zero-order valence-corrected chi connectivity index (χ0v) is 11.5. The highest BCUT2D eigenvalue weighted by atomic mass is 32.1. The molecule has 0 spiro atoms. The number of nitrogens with one attached hydrogen (secondary N) is 1. The zero-order valence-electron chi connectivity index (χ0n) is 10.7. The van der Waals surface area contributed by atoms with Crippen LogP contribution in [0.15, 0.2) is 6.07 Å². The summed E-state index contributed by atoms with van der Waals surface area (Å²) < 4.78 is 0. The van der Waals surface area contributed by atoms with E-state index in [2.05, 4.69) is 32.2 Å². The monoisotopic (exact) mass is 237 g/mol. The summed E-state index contributed by atoms with van der Waals surface area (Å²) in [6, 6.07) is 2.93. The summed E-state index contributed by atoms with van der Waals surface area (Å²) in [4.78, 5) is 3.02. The van der Waals surface area contributed by atoms with E-state index in [1.807, 2.05) is 11.3 Å². The van der Waals surface area contributed by atoms with E-state index in [1.165, 1.54) is 36.1 Å². The molecule has 16 heavy (non-hydrogen) atoms. The summed E-state index contributed by atoms with van der Waals surface area (Å²) >= 11 is 1.98. The first-order valence-corrected chi connectivity index (χ1v) is 7.32. The molecule has 1 atom stereocenters. The number of thiophene rings is 1. The van der Waals surface area contributed by atoms with Crippen molar-refractivity contribution in [2.45, 2.75) is 52.5 Å². The molecule has 1 aliphatic carbocycles. The normalized spacial score (nSPS) is 18.4. The van der Waals surface area contributed by atoms with Gasteiger partial charge in [0.2, 0.25) is 0 Å². The van der Waals surface area contributed by atoms with Crippen LogP contribution in [0, 0.1) is 19.8 Å². The molecule has 2 heteroatoms. The van der Waals surface area contributed by atoms with Crippen LogP contribution in [0.4, 0.5) is 0 Å². The van der Waals surface area contributed by atoms with Crippen molar-refractivity contribution in [1.29, 1.82) is 0 Å². The van der Waals surface area contributed by atoms with E-state index >= 15 is 0 Å². The van der Waals surface area contributed by atoms with Crippen LogP contribution in [0.5, 0.6) is 0 Å². The highest BCUT2D eigenvalue weighted by Gasteiger charge is 2.24. The molecule has 1 heterocycles. The molecular formula is C14H23NS. The summed E-state index contributed by atoms with van der Waals surface area (Å²) in [5.74, 6) is 0.978. The molecule has 1 aromatic rings. The van der Waals surface area contributed by atoms with E-state index < -0.39 is 0 Å². The molecule has 90 valence electrons. The molecule has 0 aromatic carbocycles. The molecule has 1 unspecified atom stereocenters. The Morgan fingerprint density at radius 1 is 1.44 bits per heavy atom. The van der Waals surface area contributed by atoms with Gasteiger partial charge in [-0.2, -0.15) is 0 Å². The lowest BCUT2D eigenvalue weighted by Gasteiger charge is -2.30. The highest BCUT2D eigenvalue weighted by Crippen LogP contribution is 2.37. The maximum atomic E-state index is 3.66. The number of hydrogen-bond acceptors (Lipinski definition) is 2. The van der Waals surface area contributed by atoms with Gasteiger partial charge in [0.05, 0.1) is 0 Å². The third-order valence-electron chi connectivity index (χ3n) is 3.64. The quantitative estimate of drug-likeness (QED) is 0.809. The molecule has 0 amide bonds. The van der Waals surface area contributed by atoms with Gasteiger partial charge in [-0.25, -0.2) is 0 Å². The van der Waals surface area contributed by atoms with Crippen molar-refractivity contribution in [2.75, 3.05) is 6.54 Å². The molecule has 0 radical (unpaired) electrons. The Balaban J connectivity index is 2.07. The number of hydrogen-bond donors (Lipinski definition) is 1. The molecule has 1 N–H and O–H groups in total. The van der Waals surface area contributed by atoms with Crippen LogP contribution in [0.3, 0.4) is 0 Å². The highest BCUT2D eigenvalue weighted by molar-refractivity contribution is 7.12. The van der Waals surface area contributed by atoms with Gasteiger partial charge in [0, 0.05) is 15.8 Å². The van der Waals surface area contributed by atoms with Crippen LogP contribution in [0.25, 0.3) is 0 Å². The predicted molar refractivity (Wildman–Crippen MR) is 72.2 cm³/mol. The van der Waals surface area contributed by atoms with Crippen molar-refractivity contribution in [3.8, 4) is 0 Å². The lowest BCUT2D eigenvalue weighted by atomic mass is 9.80. The zero-order chi connectivity index (χ0) is 11.5. The van der Waals surface area contributed by atoms with Crippen LogP contribution in [-0.2, 0) is 0 Å². The first-order valence-electron chi connectivity index (χ1n) is 6.51. The van der Waals surface area contributed by atoms with Crippen molar-refractivity contribution < 1.29 is 0 Å². The predicted octanol–water partition coefficient (Wildman–Crippen LogP) is 4.21. The second-order valence-electron chi connectivity index (χ2n) is 5.05. The van der Waals surface area contributed by atoms with E-state index in [4.69, 9.17) is 0 Å². The Morgan fingerprint density at radius 3 is 2.62 bits per heavy atom. The third-order valence-corrected chi connectivity index (χ3v) is 4.91. The molecule has 1 aromatic heterocycles. The largest absolute Gasteiger partial charge is 0.310 e. The molecule has 0 bridgehead atoms. The Hall–Kier alpha value is -0.340. The number of aryl methyl sites for hydroxylation is 2. The summed E-state index contributed by atoms with van der Waals surface area (Å²) in [5, 5.41) is 3.66. The van der Waals surface area contributed by atoms with Crippen molar-refractivity contribution in [3.05, 3.63) is 21.4 Å². The molecule has 0 aliphatic heterocycles. The lowest BCUT2D eigenvalue weighted by Crippen LogP contribution is -2.25. The van der Waals surface area contributed by atoms with E-state index in [9.17, 15) is 0 Å². The Bertz CT molecular complexity index is 339. The fourth-order valence-electron chi connectivity index (χ4n) is 2.60.